The average molecular weight is 393 g/mol. The van der Waals surface area contributed by atoms with Crippen molar-refractivity contribution in [1.82, 2.24) is 24.6 Å². The lowest BCUT2D eigenvalue weighted by Gasteiger charge is -2.32. The van der Waals surface area contributed by atoms with E-state index in [0.29, 0.717) is 35.5 Å². The first-order chi connectivity index (χ1) is 14.2. The number of furan rings is 1. The Morgan fingerprint density at radius 3 is 2.69 bits per heavy atom. The summed E-state index contributed by atoms with van der Waals surface area (Å²) < 4.78 is 7.15. The van der Waals surface area contributed by atoms with E-state index < -0.39 is 0 Å². The van der Waals surface area contributed by atoms with E-state index in [2.05, 4.69) is 15.3 Å². The number of nitrogens with zero attached hydrogens (tertiary/aromatic N) is 4. The predicted molar refractivity (Wildman–Crippen MR) is 104 cm³/mol. The molecule has 2 fully saturated rings. The second-order valence-electron chi connectivity index (χ2n) is 7.79. The van der Waals surface area contributed by atoms with Crippen molar-refractivity contribution in [2.24, 2.45) is 5.92 Å². The maximum atomic E-state index is 12.6. The second-order valence-corrected chi connectivity index (χ2v) is 7.79. The average Bonchev–Trinajstić information content (AvgIpc) is 3.30. The Kier molecular flexibility index (Phi) is 4.54. The summed E-state index contributed by atoms with van der Waals surface area (Å²) in [7, 11) is 0. The molecule has 29 heavy (non-hydrogen) atoms. The van der Waals surface area contributed by atoms with Crippen LogP contribution in [0, 0.1) is 5.92 Å². The SMILES string of the molecule is O=C(NCc1ccco1)c1ncn2c(C3CCN(C(=O)C4CC4)CC3)ccnc12. The van der Waals surface area contributed by atoms with Gasteiger partial charge in [0.15, 0.2) is 11.3 Å². The van der Waals surface area contributed by atoms with E-state index in [0.717, 1.165) is 44.5 Å². The fourth-order valence-corrected chi connectivity index (χ4v) is 4.06. The summed E-state index contributed by atoms with van der Waals surface area (Å²) in [6.07, 6.45) is 8.89. The second kappa shape index (κ2) is 7.35. The van der Waals surface area contributed by atoms with Crippen LogP contribution in [0.1, 0.15) is 53.5 Å². The van der Waals surface area contributed by atoms with Crippen LogP contribution in [0.5, 0.6) is 0 Å². The highest BCUT2D eigenvalue weighted by Crippen LogP contribution is 2.34. The quantitative estimate of drug-likeness (QED) is 0.718. The van der Waals surface area contributed by atoms with Crippen LogP contribution in [-0.2, 0) is 11.3 Å². The van der Waals surface area contributed by atoms with Crippen molar-refractivity contribution >= 4 is 17.5 Å². The van der Waals surface area contributed by atoms with Gasteiger partial charge in [0.1, 0.15) is 12.1 Å². The van der Waals surface area contributed by atoms with E-state index in [1.807, 2.05) is 21.4 Å². The Labute approximate surface area is 167 Å². The van der Waals surface area contributed by atoms with Gasteiger partial charge in [-0.05, 0) is 43.9 Å². The van der Waals surface area contributed by atoms with Gasteiger partial charge >= 0.3 is 0 Å². The highest BCUT2D eigenvalue weighted by atomic mass is 16.3. The number of carbonyl (C=O) groups is 2. The topological polar surface area (TPSA) is 92.7 Å². The number of fused-ring (bicyclic) bond motifs is 1. The summed E-state index contributed by atoms with van der Waals surface area (Å²) >= 11 is 0. The summed E-state index contributed by atoms with van der Waals surface area (Å²) in [5.41, 5.74) is 1.95. The van der Waals surface area contributed by atoms with Gasteiger partial charge in [0.2, 0.25) is 5.91 Å². The Bertz CT molecular complexity index is 1030. The lowest BCUT2D eigenvalue weighted by Crippen LogP contribution is -2.39. The van der Waals surface area contributed by atoms with Gasteiger partial charge in [-0.25, -0.2) is 9.97 Å². The fourth-order valence-electron chi connectivity index (χ4n) is 4.06. The van der Waals surface area contributed by atoms with Crippen LogP contribution in [0.2, 0.25) is 0 Å². The van der Waals surface area contributed by atoms with Crippen molar-refractivity contribution in [3.05, 3.63) is 54.1 Å². The number of piperidine rings is 1. The maximum Gasteiger partial charge on any atom is 0.274 e. The molecule has 1 saturated carbocycles. The maximum absolute atomic E-state index is 12.6. The van der Waals surface area contributed by atoms with E-state index in [4.69, 9.17) is 4.42 Å². The number of likely N-dealkylation sites (tertiary alicyclic amines) is 1. The monoisotopic (exact) mass is 393 g/mol. The number of imidazole rings is 1. The number of nitrogens with one attached hydrogen (secondary N) is 1. The molecule has 8 heteroatoms. The number of amides is 2. The molecular weight excluding hydrogens is 370 g/mol. The molecule has 2 aliphatic rings. The first kappa shape index (κ1) is 17.9. The lowest BCUT2D eigenvalue weighted by molar-refractivity contribution is -0.133. The van der Waals surface area contributed by atoms with Crippen LogP contribution >= 0.6 is 0 Å². The van der Waals surface area contributed by atoms with Crippen LogP contribution < -0.4 is 5.32 Å². The lowest BCUT2D eigenvalue weighted by atomic mass is 9.93. The smallest absolute Gasteiger partial charge is 0.274 e. The van der Waals surface area contributed by atoms with Crippen LogP contribution in [0.25, 0.3) is 5.65 Å². The zero-order valence-corrected chi connectivity index (χ0v) is 16.1. The molecule has 8 nitrogen and oxygen atoms in total. The molecule has 0 spiro atoms. The molecule has 1 aliphatic carbocycles. The third-order valence-electron chi connectivity index (χ3n) is 5.83. The fraction of sp³-hybridized carbons (Fsp3) is 0.429. The highest BCUT2D eigenvalue weighted by molar-refractivity contribution is 5.97. The van der Waals surface area contributed by atoms with Crippen LogP contribution in [0.3, 0.4) is 0 Å². The van der Waals surface area contributed by atoms with Gasteiger partial charge in [0.05, 0.1) is 12.8 Å². The molecule has 0 bridgehead atoms. The first-order valence-electron chi connectivity index (χ1n) is 10.1. The number of hydrogen-bond acceptors (Lipinski definition) is 5. The van der Waals surface area contributed by atoms with Gasteiger partial charge in [-0.1, -0.05) is 0 Å². The molecule has 3 aromatic rings. The molecule has 0 atom stereocenters. The van der Waals surface area contributed by atoms with Crippen LogP contribution in [0.15, 0.2) is 41.4 Å². The molecule has 2 amide bonds. The van der Waals surface area contributed by atoms with Gasteiger partial charge in [-0.15, -0.1) is 0 Å². The van der Waals surface area contributed by atoms with Crippen molar-refractivity contribution in [2.75, 3.05) is 13.1 Å². The standard InChI is InChI=1S/C21H23N5O3/c27-20(23-12-16-2-1-11-29-16)18-19-22-8-5-17(26(19)13-24-18)14-6-9-25(10-7-14)21(28)15-3-4-15/h1-2,5,8,11,13-15H,3-4,6-7,9-10,12H2,(H,23,27). The summed E-state index contributed by atoms with van der Waals surface area (Å²) in [4.78, 5) is 35.6. The largest absolute Gasteiger partial charge is 0.467 e. The molecule has 0 radical (unpaired) electrons. The number of rotatable bonds is 5. The normalized spacial score (nSPS) is 17.6. The number of carbonyl (C=O) groups excluding carboxylic acids is 2. The Balaban J connectivity index is 1.31. The minimum atomic E-state index is -0.279. The van der Waals surface area contributed by atoms with Crippen molar-refractivity contribution in [3.63, 3.8) is 0 Å². The molecule has 1 aliphatic heterocycles. The summed E-state index contributed by atoms with van der Waals surface area (Å²) in [5.74, 6) is 1.31. The molecule has 4 heterocycles. The molecule has 0 aromatic carbocycles. The van der Waals surface area contributed by atoms with Crippen molar-refractivity contribution in [2.45, 2.75) is 38.1 Å². The van der Waals surface area contributed by atoms with Gasteiger partial charge < -0.3 is 14.6 Å². The molecular formula is C21H23N5O3. The highest BCUT2D eigenvalue weighted by Gasteiger charge is 2.35. The van der Waals surface area contributed by atoms with Crippen molar-refractivity contribution in [3.8, 4) is 0 Å². The Morgan fingerprint density at radius 2 is 1.97 bits per heavy atom. The summed E-state index contributed by atoms with van der Waals surface area (Å²) in [6.45, 7) is 1.88. The van der Waals surface area contributed by atoms with E-state index >= 15 is 0 Å². The minimum absolute atomic E-state index is 0.273. The van der Waals surface area contributed by atoms with E-state index in [1.165, 1.54) is 0 Å². The van der Waals surface area contributed by atoms with Gasteiger partial charge in [0, 0.05) is 36.8 Å². The predicted octanol–water partition coefficient (Wildman–Crippen LogP) is 2.37. The van der Waals surface area contributed by atoms with Crippen LogP contribution in [0.4, 0.5) is 0 Å². The molecule has 1 N–H and O–H groups in total. The zero-order chi connectivity index (χ0) is 19.8. The first-order valence-corrected chi connectivity index (χ1v) is 10.1. The van der Waals surface area contributed by atoms with Crippen molar-refractivity contribution in [1.29, 1.82) is 0 Å². The molecule has 150 valence electrons. The number of aromatic nitrogens is 3. The Morgan fingerprint density at radius 1 is 1.14 bits per heavy atom. The molecule has 3 aromatic heterocycles. The van der Waals surface area contributed by atoms with Gasteiger partial charge in [0.25, 0.3) is 5.91 Å². The van der Waals surface area contributed by atoms with Crippen LogP contribution in [-0.4, -0.2) is 44.2 Å². The molecule has 1 saturated heterocycles. The summed E-state index contributed by atoms with van der Waals surface area (Å²) in [5, 5.41) is 2.82. The Hall–Kier alpha value is -3.16. The molecule has 5 rings (SSSR count). The minimum Gasteiger partial charge on any atom is -0.467 e. The van der Waals surface area contributed by atoms with E-state index in [9.17, 15) is 9.59 Å². The zero-order valence-electron chi connectivity index (χ0n) is 16.1. The van der Waals surface area contributed by atoms with Gasteiger partial charge in [-0.2, -0.15) is 0 Å². The van der Waals surface area contributed by atoms with Gasteiger partial charge in [-0.3, -0.25) is 14.0 Å². The summed E-state index contributed by atoms with van der Waals surface area (Å²) in [6, 6.07) is 5.58. The third-order valence-corrected chi connectivity index (χ3v) is 5.83. The van der Waals surface area contributed by atoms with E-state index in [1.54, 1.807) is 24.9 Å². The third kappa shape index (κ3) is 3.50. The number of hydrogen-bond donors (Lipinski definition) is 1. The molecule has 0 unspecified atom stereocenters. The van der Waals surface area contributed by atoms with E-state index in [-0.39, 0.29) is 11.8 Å². The van der Waals surface area contributed by atoms with Crippen molar-refractivity contribution < 1.29 is 14.0 Å².